The molecule has 0 saturated carbocycles. The molecule has 0 bridgehead atoms. The summed E-state index contributed by atoms with van der Waals surface area (Å²) in [7, 11) is 0. The Morgan fingerprint density at radius 1 is 1.12 bits per heavy atom. The Morgan fingerprint density at radius 3 is 2.65 bits per heavy atom. The van der Waals surface area contributed by atoms with Crippen LogP contribution < -0.4 is 5.32 Å². The SMILES string of the molecule is O=C(CSc1cc(NCc2ccccc2Cl)ncn1)c1ccc(F)cc1. The average Bonchev–Trinajstić information content (AvgIpc) is 2.66. The van der Waals surface area contributed by atoms with Gasteiger partial charge in [-0.1, -0.05) is 41.6 Å². The van der Waals surface area contributed by atoms with Crippen molar-refractivity contribution >= 4 is 35.0 Å². The van der Waals surface area contributed by atoms with Crippen molar-refractivity contribution < 1.29 is 9.18 Å². The Morgan fingerprint density at radius 2 is 1.88 bits per heavy atom. The number of carbonyl (C=O) groups excluding carboxylic acids is 1. The van der Waals surface area contributed by atoms with Crippen LogP contribution in [0.25, 0.3) is 0 Å². The van der Waals surface area contributed by atoms with Crippen LogP contribution in [0.4, 0.5) is 10.2 Å². The van der Waals surface area contributed by atoms with Crippen LogP contribution in [0.2, 0.25) is 5.02 Å². The molecule has 3 rings (SSSR count). The highest BCUT2D eigenvalue weighted by molar-refractivity contribution is 7.99. The number of nitrogens with zero attached hydrogens (tertiary/aromatic N) is 2. The van der Waals surface area contributed by atoms with E-state index in [4.69, 9.17) is 11.6 Å². The largest absolute Gasteiger partial charge is 0.366 e. The summed E-state index contributed by atoms with van der Waals surface area (Å²) in [6.45, 7) is 0.537. The maximum absolute atomic E-state index is 12.9. The van der Waals surface area contributed by atoms with E-state index in [1.807, 2.05) is 24.3 Å². The molecule has 7 heteroatoms. The van der Waals surface area contributed by atoms with Crippen molar-refractivity contribution in [3.8, 4) is 0 Å². The smallest absolute Gasteiger partial charge is 0.173 e. The number of nitrogens with one attached hydrogen (secondary N) is 1. The van der Waals surface area contributed by atoms with Crippen LogP contribution >= 0.6 is 23.4 Å². The van der Waals surface area contributed by atoms with Crippen molar-refractivity contribution in [3.63, 3.8) is 0 Å². The second-order valence-corrected chi connectivity index (χ2v) is 6.81. The number of Topliss-reactive ketones (excluding diaryl/α,β-unsaturated/α-hetero) is 1. The number of carbonyl (C=O) groups is 1. The fourth-order valence-corrected chi connectivity index (χ4v) is 3.17. The minimum atomic E-state index is -0.362. The van der Waals surface area contributed by atoms with Gasteiger partial charge in [0.1, 0.15) is 23.0 Å². The summed E-state index contributed by atoms with van der Waals surface area (Å²) in [5, 5.41) is 4.56. The van der Waals surface area contributed by atoms with Crippen LogP contribution in [0.15, 0.2) is 66.0 Å². The molecule has 0 fully saturated rings. The molecule has 0 saturated heterocycles. The minimum absolute atomic E-state index is 0.0841. The van der Waals surface area contributed by atoms with Gasteiger partial charge in [0, 0.05) is 23.2 Å². The summed E-state index contributed by atoms with van der Waals surface area (Å²) in [5.74, 6) is 0.419. The number of ketones is 1. The lowest BCUT2D eigenvalue weighted by molar-refractivity contribution is 0.102. The zero-order valence-corrected chi connectivity index (χ0v) is 15.2. The molecule has 26 heavy (non-hydrogen) atoms. The van der Waals surface area contributed by atoms with Crippen molar-refractivity contribution in [1.82, 2.24) is 9.97 Å². The molecule has 0 atom stereocenters. The van der Waals surface area contributed by atoms with Crippen molar-refractivity contribution in [1.29, 1.82) is 0 Å². The average molecular weight is 388 g/mol. The van der Waals surface area contributed by atoms with E-state index in [-0.39, 0.29) is 17.4 Å². The van der Waals surface area contributed by atoms with E-state index in [9.17, 15) is 9.18 Å². The molecule has 4 nitrogen and oxygen atoms in total. The molecule has 0 spiro atoms. The number of rotatable bonds is 7. The van der Waals surface area contributed by atoms with E-state index >= 15 is 0 Å². The molecule has 0 amide bonds. The van der Waals surface area contributed by atoms with E-state index in [1.54, 1.807) is 6.07 Å². The lowest BCUT2D eigenvalue weighted by Crippen LogP contribution is -2.04. The first-order chi connectivity index (χ1) is 12.6. The molecule has 0 aliphatic rings. The molecule has 2 aromatic carbocycles. The highest BCUT2D eigenvalue weighted by atomic mass is 35.5. The summed E-state index contributed by atoms with van der Waals surface area (Å²) in [6, 6.07) is 14.9. The quantitative estimate of drug-likeness (QED) is 0.356. The van der Waals surface area contributed by atoms with E-state index in [0.29, 0.717) is 28.0 Å². The predicted molar refractivity (Wildman–Crippen MR) is 102 cm³/mol. The zero-order chi connectivity index (χ0) is 18.4. The molecule has 132 valence electrons. The lowest BCUT2D eigenvalue weighted by Gasteiger charge is -2.08. The first-order valence-electron chi connectivity index (χ1n) is 7.83. The molecule has 0 aliphatic carbocycles. The first-order valence-corrected chi connectivity index (χ1v) is 9.19. The van der Waals surface area contributed by atoms with E-state index in [2.05, 4.69) is 15.3 Å². The van der Waals surface area contributed by atoms with Gasteiger partial charge >= 0.3 is 0 Å². The van der Waals surface area contributed by atoms with Crippen LogP contribution in [0.1, 0.15) is 15.9 Å². The summed E-state index contributed by atoms with van der Waals surface area (Å²) in [4.78, 5) is 20.5. The van der Waals surface area contributed by atoms with Crippen molar-refractivity contribution in [2.75, 3.05) is 11.1 Å². The number of benzene rings is 2. The number of hydrogen-bond acceptors (Lipinski definition) is 5. The van der Waals surface area contributed by atoms with Gasteiger partial charge in [0.25, 0.3) is 0 Å². The van der Waals surface area contributed by atoms with Gasteiger partial charge in [-0.05, 0) is 35.9 Å². The number of halogens is 2. The highest BCUT2D eigenvalue weighted by Crippen LogP contribution is 2.20. The maximum atomic E-state index is 12.9. The minimum Gasteiger partial charge on any atom is -0.366 e. The van der Waals surface area contributed by atoms with Crippen LogP contribution in [0.3, 0.4) is 0 Å². The molecule has 0 radical (unpaired) electrons. The Kier molecular flexibility index (Phi) is 6.20. The Balaban J connectivity index is 1.58. The van der Waals surface area contributed by atoms with Crippen LogP contribution in [0, 0.1) is 5.82 Å². The third-order valence-corrected chi connectivity index (χ3v) is 4.87. The number of thioether (sulfide) groups is 1. The number of hydrogen-bond donors (Lipinski definition) is 1. The molecule has 1 heterocycles. The van der Waals surface area contributed by atoms with Crippen molar-refractivity contribution in [2.24, 2.45) is 0 Å². The molecule has 1 N–H and O–H groups in total. The zero-order valence-electron chi connectivity index (χ0n) is 13.7. The third-order valence-electron chi connectivity index (χ3n) is 3.58. The van der Waals surface area contributed by atoms with E-state index < -0.39 is 0 Å². The van der Waals surface area contributed by atoms with Crippen molar-refractivity contribution in [2.45, 2.75) is 11.6 Å². The maximum Gasteiger partial charge on any atom is 0.173 e. The van der Waals surface area contributed by atoms with Gasteiger partial charge in [0.05, 0.1) is 5.75 Å². The number of aromatic nitrogens is 2. The summed E-state index contributed by atoms with van der Waals surface area (Å²) < 4.78 is 12.9. The molecule has 1 aromatic heterocycles. The van der Waals surface area contributed by atoms with Gasteiger partial charge in [-0.2, -0.15) is 0 Å². The van der Waals surface area contributed by atoms with Crippen LogP contribution in [-0.2, 0) is 6.54 Å². The van der Waals surface area contributed by atoms with Gasteiger partial charge in [-0.25, -0.2) is 14.4 Å². The Hall–Kier alpha value is -2.44. The van der Waals surface area contributed by atoms with Gasteiger partial charge in [-0.3, -0.25) is 4.79 Å². The standard InChI is InChI=1S/C19H15ClFN3OS/c20-16-4-2-1-3-14(16)10-22-18-9-19(24-12-23-18)26-11-17(25)13-5-7-15(21)8-6-13/h1-9,12H,10-11H2,(H,22,23,24). The monoisotopic (exact) mass is 387 g/mol. The Bertz CT molecular complexity index is 905. The van der Waals surface area contributed by atoms with Gasteiger partial charge in [-0.15, -0.1) is 0 Å². The number of anilines is 1. The summed E-state index contributed by atoms with van der Waals surface area (Å²) >= 11 is 7.44. The molecule has 0 aliphatic heterocycles. The Labute approximate surface area is 159 Å². The summed E-state index contributed by atoms with van der Waals surface area (Å²) in [5.41, 5.74) is 1.44. The highest BCUT2D eigenvalue weighted by Gasteiger charge is 2.08. The van der Waals surface area contributed by atoms with E-state index in [0.717, 1.165) is 5.56 Å². The normalized spacial score (nSPS) is 10.5. The summed E-state index contributed by atoms with van der Waals surface area (Å²) in [6.07, 6.45) is 1.44. The van der Waals surface area contributed by atoms with Crippen LogP contribution in [-0.4, -0.2) is 21.5 Å². The fourth-order valence-electron chi connectivity index (χ4n) is 2.20. The van der Waals surface area contributed by atoms with Gasteiger partial charge in [0.2, 0.25) is 0 Å². The van der Waals surface area contributed by atoms with Gasteiger partial charge in [0.15, 0.2) is 5.78 Å². The second-order valence-electron chi connectivity index (χ2n) is 5.41. The predicted octanol–water partition coefficient (Wildman–Crippen LogP) is 4.86. The second kappa shape index (κ2) is 8.78. The molecular formula is C19H15ClFN3OS. The van der Waals surface area contributed by atoms with Gasteiger partial charge < -0.3 is 5.32 Å². The van der Waals surface area contributed by atoms with Crippen molar-refractivity contribution in [3.05, 3.63) is 82.9 Å². The third kappa shape index (κ3) is 5.03. The first kappa shape index (κ1) is 18.4. The molecule has 3 aromatic rings. The topological polar surface area (TPSA) is 54.9 Å². The molecule has 0 unspecified atom stereocenters. The molecular weight excluding hydrogens is 373 g/mol. The lowest BCUT2D eigenvalue weighted by atomic mass is 10.1. The van der Waals surface area contributed by atoms with Crippen LogP contribution in [0.5, 0.6) is 0 Å². The fraction of sp³-hybridized carbons (Fsp3) is 0.105. The van der Waals surface area contributed by atoms with E-state index in [1.165, 1.54) is 42.4 Å².